The normalized spacial score (nSPS) is 10.9. The maximum atomic E-state index is 12.9. The van der Waals surface area contributed by atoms with Crippen molar-refractivity contribution in [3.8, 4) is 0 Å². The lowest BCUT2D eigenvalue weighted by Crippen LogP contribution is -2.42. The monoisotopic (exact) mass is 384 g/mol. The molecule has 0 radical (unpaired) electrons. The maximum absolute atomic E-state index is 12.9. The predicted molar refractivity (Wildman–Crippen MR) is 112 cm³/mol. The van der Waals surface area contributed by atoms with Gasteiger partial charge in [-0.05, 0) is 23.3 Å². The molecule has 0 aliphatic carbocycles. The Balaban J connectivity index is 1.60. The van der Waals surface area contributed by atoms with E-state index in [1.165, 1.54) is 0 Å². The zero-order valence-corrected chi connectivity index (χ0v) is 15.7. The van der Waals surface area contributed by atoms with E-state index in [-0.39, 0.29) is 5.56 Å². The van der Waals surface area contributed by atoms with Crippen molar-refractivity contribution in [1.29, 1.82) is 0 Å². The summed E-state index contributed by atoms with van der Waals surface area (Å²) < 4.78 is 5.30. The minimum absolute atomic E-state index is 0.0187. The fourth-order valence-corrected chi connectivity index (χ4v) is 3.17. The molecule has 5 heteroatoms. The Hall–Kier alpha value is -3.70. The molecule has 4 rings (SSSR count). The number of hydrogen-bond donors (Lipinski definition) is 1. The Labute approximate surface area is 168 Å². The second-order valence-corrected chi connectivity index (χ2v) is 6.75. The van der Waals surface area contributed by atoms with E-state index in [9.17, 15) is 9.59 Å². The first-order valence-corrected chi connectivity index (χ1v) is 9.36. The summed E-state index contributed by atoms with van der Waals surface area (Å²) in [5.74, 6) is -0.489. The quantitative estimate of drug-likeness (QED) is 0.401. The zero-order chi connectivity index (χ0) is 20.1. The van der Waals surface area contributed by atoms with E-state index in [0.717, 1.165) is 11.1 Å². The molecule has 0 aliphatic rings. The number of nitrogens with zero attached hydrogens (tertiary/aromatic N) is 1. The molecule has 0 fully saturated rings. The molecular weight excluding hydrogens is 364 g/mol. The molecule has 5 nitrogen and oxygen atoms in total. The van der Waals surface area contributed by atoms with Crippen molar-refractivity contribution in [2.45, 2.75) is 13.1 Å². The summed E-state index contributed by atoms with van der Waals surface area (Å²) in [6.07, 6.45) is 0. The van der Waals surface area contributed by atoms with Gasteiger partial charge in [0.05, 0.1) is 0 Å². The van der Waals surface area contributed by atoms with Gasteiger partial charge in [-0.3, -0.25) is 10.2 Å². The van der Waals surface area contributed by atoms with Crippen LogP contribution in [-0.4, -0.2) is 10.9 Å². The SMILES string of the molecule is O=C(NN(Cc1ccccc1)Cc1ccccc1)c1cc2ccccc2oc1=O. The van der Waals surface area contributed by atoms with E-state index in [1.807, 2.05) is 66.7 Å². The van der Waals surface area contributed by atoms with Gasteiger partial charge in [-0.25, -0.2) is 9.80 Å². The van der Waals surface area contributed by atoms with Gasteiger partial charge in [-0.15, -0.1) is 0 Å². The number of hydrogen-bond acceptors (Lipinski definition) is 4. The third-order valence-corrected chi connectivity index (χ3v) is 4.58. The molecule has 4 aromatic rings. The maximum Gasteiger partial charge on any atom is 0.349 e. The lowest BCUT2D eigenvalue weighted by Gasteiger charge is -2.23. The molecular formula is C24H20N2O3. The van der Waals surface area contributed by atoms with Crippen LogP contribution in [0, 0.1) is 0 Å². The summed E-state index contributed by atoms with van der Waals surface area (Å²) in [7, 11) is 0. The molecule has 1 N–H and O–H groups in total. The molecule has 0 saturated heterocycles. The van der Waals surface area contributed by atoms with Crippen LogP contribution in [0.3, 0.4) is 0 Å². The molecule has 144 valence electrons. The summed E-state index contributed by atoms with van der Waals surface area (Å²) in [5.41, 5.74) is 4.76. The number of para-hydroxylation sites is 1. The van der Waals surface area contributed by atoms with Crippen LogP contribution in [0.4, 0.5) is 0 Å². The van der Waals surface area contributed by atoms with Gasteiger partial charge in [0.25, 0.3) is 5.91 Å². The Bertz CT molecular complexity index is 1130. The Kier molecular flexibility index (Phi) is 5.49. The Morgan fingerprint density at radius 2 is 1.34 bits per heavy atom. The van der Waals surface area contributed by atoms with Crippen LogP contribution in [-0.2, 0) is 13.1 Å². The highest BCUT2D eigenvalue weighted by atomic mass is 16.4. The van der Waals surface area contributed by atoms with Crippen LogP contribution in [0.15, 0.2) is 100 Å². The van der Waals surface area contributed by atoms with Crippen molar-refractivity contribution in [3.05, 3.63) is 118 Å². The van der Waals surface area contributed by atoms with Crippen molar-refractivity contribution in [2.75, 3.05) is 0 Å². The fourth-order valence-electron chi connectivity index (χ4n) is 3.17. The second-order valence-electron chi connectivity index (χ2n) is 6.75. The molecule has 29 heavy (non-hydrogen) atoms. The molecule has 0 atom stereocenters. The first kappa shape index (κ1) is 18.7. The average Bonchev–Trinajstić information content (AvgIpc) is 2.74. The van der Waals surface area contributed by atoms with Crippen LogP contribution >= 0.6 is 0 Å². The van der Waals surface area contributed by atoms with Gasteiger partial charge < -0.3 is 4.42 Å². The van der Waals surface area contributed by atoms with E-state index in [1.54, 1.807) is 29.3 Å². The number of fused-ring (bicyclic) bond motifs is 1. The van der Waals surface area contributed by atoms with Gasteiger partial charge in [0.15, 0.2) is 0 Å². The van der Waals surface area contributed by atoms with Gasteiger partial charge in [-0.1, -0.05) is 78.9 Å². The highest BCUT2D eigenvalue weighted by Gasteiger charge is 2.17. The summed E-state index contributed by atoms with van der Waals surface area (Å²) in [6, 6.07) is 28.4. The second kappa shape index (κ2) is 8.54. The lowest BCUT2D eigenvalue weighted by molar-refractivity contribution is 0.0755. The summed E-state index contributed by atoms with van der Waals surface area (Å²) in [6.45, 7) is 1.00. The van der Waals surface area contributed by atoms with Crippen molar-refractivity contribution >= 4 is 16.9 Å². The van der Waals surface area contributed by atoms with E-state index < -0.39 is 11.5 Å². The molecule has 0 bridgehead atoms. The number of nitrogens with one attached hydrogen (secondary N) is 1. The minimum atomic E-state index is -0.652. The fraction of sp³-hybridized carbons (Fsp3) is 0.0833. The van der Waals surface area contributed by atoms with E-state index in [0.29, 0.717) is 24.1 Å². The molecule has 1 heterocycles. The van der Waals surface area contributed by atoms with Gasteiger partial charge in [-0.2, -0.15) is 0 Å². The van der Waals surface area contributed by atoms with Crippen LogP contribution < -0.4 is 11.1 Å². The number of hydrazine groups is 1. The largest absolute Gasteiger partial charge is 0.422 e. The van der Waals surface area contributed by atoms with Crippen LogP contribution in [0.25, 0.3) is 11.0 Å². The van der Waals surface area contributed by atoms with E-state index in [4.69, 9.17) is 4.42 Å². The topological polar surface area (TPSA) is 62.6 Å². The highest BCUT2D eigenvalue weighted by Crippen LogP contribution is 2.13. The van der Waals surface area contributed by atoms with Crippen LogP contribution in [0.1, 0.15) is 21.5 Å². The lowest BCUT2D eigenvalue weighted by atomic mass is 10.1. The van der Waals surface area contributed by atoms with Crippen molar-refractivity contribution in [2.24, 2.45) is 0 Å². The number of rotatable bonds is 6. The van der Waals surface area contributed by atoms with Crippen LogP contribution in [0.2, 0.25) is 0 Å². The van der Waals surface area contributed by atoms with Crippen molar-refractivity contribution in [1.82, 2.24) is 10.4 Å². The summed E-state index contributed by atoms with van der Waals surface area (Å²) in [4.78, 5) is 25.2. The Morgan fingerprint density at radius 3 is 1.97 bits per heavy atom. The molecule has 0 unspecified atom stereocenters. The highest BCUT2D eigenvalue weighted by molar-refractivity contribution is 5.96. The van der Waals surface area contributed by atoms with Gasteiger partial charge in [0.1, 0.15) is 11.1 Å². The average molecular weight is 384 g/mol. The summed E-state index contributed by atoms with van der Waals surface area (Å²) >= 11 is 0. The smallest absolute Gasteiger partial charge is 0.349 e. The van der Waals surface area contributed by atoms with Crippen LogP contribution in [0.5, 0.6) is 0 Å². The minimum Gasteiger partial charge on any atom is -0.422 e. The molecule has 0 aliphatic heterocycles. The molecule has 1 aromatic heterocycles. The molecule has 0 saturated carbocycles. The third-order valence-electron chi connectivity index (χ3n) is 4.58. The zero-order valence-electron chi connectivity index (χ0n) is 15.7. The first-order valence-electron chi connectivity index (χ1n) is 9.36. The number of benzene rings is 3. The number of carbonyl (C=O) groups is 1. The van der Waals surface area contributed by atoms with Crippen molar-refractivity contribution in [3.63, 3.8) is 0 Å². The third kappa shape index (κ3) is 4.59. The van der Waals surface area contributed by atoms with Gasteiger partial charge >= 0.3 is 5.63 Å². The molecule has 3 aromatic carbocycles. The van der Waals surface area contributed by atoms with Gasteiger partial charge in [0.2, 0.25) is 0 Å². The van der Waals surface area contributed by atoms with E-state index >= 15 is 0 Å². The summed E-state index contributed by atoms with van der Waals surface area (Å²) in [5, 5.41) is 2.50. The first-order chi connectivity index (χ1) is 14.2. The number of amides is 1. The van der Waals surface area contributed by atoms with Crippen molar-refractivity contribution < 1.29 is 9.21 Å². The van der Waals surface area contributed by atoms with E-state index in [2.05, 4.69) is 5.43 Å². The Morgan fingerprint density at radius 1 is 0.793 bits per heavy atom. The predicted octanol–water partition coefficient (Wildman–Crippen LogP) is 4.14. The standard InChI is InChI=1S/C24H20N2O3/c27-23(21-15-20-13-7-8-14-22(20)29-24(21)28)25-26(16-18-9-3-1-4-10-18)17-19-11-5-2-6-12-19/h1-15H,16-17H2,(H,25,27). The molecule has 1 amide bonds. The number of carbonyl (C=O) groups excluding carboxylic acids is 1. The van der Waals surface area contributed by atoms with Gasteiger partial charge in [0, 0.05) is 18.5 Å². The molecule has 0 spiro atoms.